The van der Waals surface area contributed by atoms with Crippen LogP contribution in [0.2, 0.25) is 5.02 Å². The maximum absolute atomic E-state index is 14.0. The highest BCUT2D eigenvalue weighted by molar-refractivity contribution is 7.07. The van der Waals surface area contributed by atoms with Gasteiger partial charge in [0.05, 0.1) is 40.6 Å². The molecule has 0 radical (unpaired) electrons. The number of hydrogen-bond acceptors (Lipinski definition) is 6. The number of fused-ring (bicyclic) bond motifs is 1. The van der Waals surface area contributed by atoms with Crippen LogP contribution in [0.1, 0.15) is 55.0 Å². The van der Waals surface area contributed by atoms with Crippen molar-refractivity contribution < 1.29 is 14.3 Å². The monoisotopic (exact) mass is 572 g/mol. The predicted molar refractivity (Wildman–Crippen MR) is 160 cm³/mol. The van der Waals surface area contributed by atoms with Crippen molar-refractivity contribution in [1.82, 2.24) is 4.57 Å². The van der Waals surface area contributed by atoms with Gasteiger partial charge < -0.3 is 9.47 Å². The zero-order valence-corrected chi connectivity index (χ0v) is 24.3. The van der Waals surface area contributed by atoms with Gasteiger partial charge in [0.25, 0.3) is 5.56 Å². The van der Waals surface area contributed by atoms with Gasteiger partial charge in [0, 0.05) is 5.56 Å². The quantitative estimate of drug-likeness (QED) is 0.266. The molecule has 2 heterocycles. The standard InChI is InChI=1S/C32H29ClN2O4S/c1-5-39-31(37)27-28(22-9-7-6-8-10-22)34-32-35(29(27)23-14-12-21(13-15-23)19(2)3)30(36)26(40-32)18-20-11-16-25(38-4)24(33)17-20/h6-19,29H,5H2,1-4H3/b26-18+/t29-/m0/s1. The molecule has 0 fully saturated rings. The lowest BCUT2D eigenvalue weighted by atomic mass is 9.91. The molecule has 1 atom stereocenters. The molecule has 0 unspecified atom stereocenters. The highest BCUT2D eigenvalue weighted by Gasteiger charge is 2.35. The van der Waals surface area contributed by atoms with Crippen molar-refractivity contribution in [2.45, 2.75) is 32.7 Å². The molecule has 5 rings (SSSR count). The van der Waals surface area contributed by atoms with Crippen LogP contribution in [0.5, 0.6) is 5.75 Å². The summed E-state index contributed by atoms with van der Waals surface area (Å²) in [5.74, 6) is 0.392. The normalized spacial score (nSPS) is 15.2. The first-order valence-corrected chi connectivity index (χ1v) is 14.2. The molecule has 6 nitrogen and oxygen atoms in total. The van der Waals surface area contributed by atoms with Crippen LogP contribution >= 0.6 is 22.9 Å². The molecule has 0 bridgehead atoms. The van der Waals surface area contributed by atoms with Gasteiger partial charge in [-0.3, -0.25) is 9.36 Å². The number of nitrogens with zero attached hydrogens (tertiary/aromatic N) is 2. The molecule has 3 aromatic carbocycles. The third-order valence-electron chi connectivity index (χ3n) is 6.77. The van der Waals surface area contributed by atoms with Crippen molar-refractivity contribution in [3.05, 3.63) is 125 Å². The third kappa shape index (κ3) is 5.27. The second-order valence-corrected chi connectivity index (χ2v) is 11.1. The Hall–Kier alpha value is -3.94. The number of carbonyl (C=O) groups is 1. The van der Waals surface area contributed by atoms with E-state index in [9.17, 15) is 9.59 Å². The van der Waals surface area contributed by atoms with Gasteiger partial charge in [-0.15, -0.1) is 0 Å². The van der Waals surface area contributed by atoms with Crippen LogP contribution in [0.4, 0.5) is 0 Å². The van der Waals surface area contributed by atoms with Crippen LogP contribution in [0.25, 0.3) is 11.8 Å². The largest absolute Gasteiger partial charge is 0.495 e. The number of methoxy groups -OCH3 is 1. The molecule has 0 spiro atoms. The maximum atomic E-state index is 14.0. The third-order valence-corrected chi connectivity index (χ3v) is 8.04. The van der Waals surface area contributed by atoms with Gasteiger partial charge in [-0.2, -0.15) is 0 Å². The number of ether oxygens (including phenoxy) is 2. The van der Waals surface area contributed by atoms with E-state index in [1.54, 1.807) is 36.8 Å². The molecule has 0 saturated heterocycles. The summed E-state index contributed by atoms with van der Waals surface area (Å²) in [6, 6.07) is 22.2. The summed E-state index contributed by atoms with van der Waals surface area (Å²) in [4.78, 5) is 33.0. The van der Waals surface area contributed by atoms with Crippen molar-refractivity contribution in [1.29, 1.82) is 0 Å². The summed E-state index contributed by atoms with van der Waals surface area (Å²) in [6.07, 6.45) is 1.78. The Morgan fingerprint density at radius 1 is 1.10 bits per heavy atom. The van der Waals surface area contributed by atoms with Crippen LogP contribution in [0.3, 0.4) is 0 Å². The molecule has 0 aliphatic carbocycles. The molecule has 0 saturated carbocycles. The van der Waals surface area contributed by atoms with Crippen LogP contribution in [-0.2, 0) is 9.53 Å². The Balaban J connectivity index is 1.79. The molecule has 1 aliphatic rings. The average Bonchev–Trinajstić information content (AvgIpc) is 3.27. The average molecular weight is 573 g/mol. The first-order chi connectivity index (χ1) is 19.3. The van der Waals surface area contributed by atoms with Gasteiger partial charge in [-0.1, -0.05) is 97.4 Å². The minimum atomic E-state index is -0.715. The van der Waals surface area contributed by atoms with Gasteiger partial charge in [-0.25, -0.2) is 9.79 Å². The van der Waals surface area contributed by atoms with Crippen molar-refractivity contribution in [3.8, 4) is 5.75 Å². The Morgan fingerprint density at radius 3 is 2.45 bits per heavy atom. The lowest BCUT2D eigenvalue weighted by Crippen LogP contribution is -2.40. The van der Waals surface area contributed by atoms with Crippen LogP contribution in [-0.4, -0.2) is 24.3 Å². The Morgan fingerprint density at radius 2 is 1.82 bits per heavy atom. The van der Waals surface area contributed by atoms with Crippen LogP contribution < -0.4 is 19.6 Å². The molecule has 40 heavy (non-hydrogen) atoms. The predicted octanol–water partition coefficient (Wildman–Crippen LogP) is 5.72. The van der Waals surface area contributed by atoms with E-state index >= 15 is 0 Å². The topological polar surface area (TPSA) is 69.9 Å². The summed E-state index contributed by atoms with van der Waals surface area (Å²) < 4.78 is 12.9. The molecular formula is C32H29ClN2O4S. The van der Waals surface area contributed by atoms with Gasteiger partial charge >= 0.3 is 5.97 Å². The Kier molecular flexibility index (Phi) is 8.05. The van der Waals surface area contributed by atoms with E-state index in [4.69, 9.17) is 26.1 Å². The SMILES string of the molecule is CCOC(=O)C1=C(c2ccccc2)N=c2s/c(=C/c3ccc(OC)c(Cl)c3)c(=O)n2[C@H]1c1ccc(C(C)C)cc1. The molecule has 204 valence electrons. The molecule has 1 aromatic heterocycles. The number of rotatable bonds is 7. The summed E-state index contributed by atoms with van der Waals surface area (Å²) in [5.41, 5.74) is 4.07. The van der Waals surface area contributed by atoms with Crippen molar-refractivity contribution in [3.63, 3.8) is 0 Å². The van der Waals surface area contributed by atoms with Gasteiger partial charge in [0.2, 0.25) is 0 Å². The highest BCUT2D eigenvalue weighted by Crippen LogP contribution is 2.35. The lowest BCUT2D eigenvalue weighted by Gasteiger charge is -2.26. The molecular weight excluding hydrogens is 544 g/mol. The summed E-state index contributed by atoms with van der Waals surface area (Å²) in [7, 11) is 1.55. The van der Waals surface area contributed by atoms with E-state index < -0.39 is 12.0 Å². The van der Waals surface area contributed by atoms with E-state index in [1.165, 1.54) is 11.3 Å². The van der Waals surface area contributed by atoms with E-state index in [0.717, 1.165) is 22.3 Å². The number of thiazole rings is 1. The number of hydrogen-bond donors (Lipinski definition) is 0. The molecule has 4 aromatic rings. The molecule has 1 aliphatic heterocycles. The van der Waals surface area contributed by atoms with E-state index in [2.05, 4.69) is 13.8 Å². The minimum absolute atomic E-state index is 0.200. The van der Waals surface area contributed by atoms with Crippen LogP contribution in [0.15, 0.2) is 88.2 Å². The molecule has 8 heteroatoms. The first kappa shape index (κ1) is 27.6. The van der Waals surface area contributed by atoms with E-state index in [1.807, 2.05) is 60.7 Å². The summed E-state index contributed by atoms with van der Waals surface area (Å²) >= 11 is 7.62. The number of carbonyl (C=O) groups excluding carboxylic acids is 1. The lowest BCUT2D eigenvalue weighted by molar-refractivity contribution is -0.138. The van der Waals surface area contributed by atoms with Crippen LogP contribution in [0, 0.1) is 0 Å². The zero-order valence-electron chi connectivity index (χ0n) is 22.7. The highest BCUT2D eigenvalue weighted by atomic mass is 35.5. The second kappa shape index (κ2) is 11.7. The van der Waals surface area contributed by atoms with E-state index in [-0.39, 0.29) is 12.2 Å². The Bertz CT molecular complexity index is 1770. The number of aromatic nitrogens is 1. The van der Waals surface area contributed by atoms with Gasteiger partial charge in [0.1, 0.15) is 5.75 Å². The first-order valence-electron chi connectivity index (χ1n) is 13.0. The van der Waals surface area contributed by atoms with Crippen molar-refractivity contribution in [2.24, 2.45) is 4.99 Å². The molecule has 0 N–H and O–H groups in total. The summed E-state index contributed by atoms with van der Waals surface area (Å²) in [6.45, 7) is 6.22. The minimum Gasteiger partial charge on any atom is -0.495 e. The smallest absolute Gasteiger partial charge is 0.338 e. The van der Waals surface area contributed by atoms with Gasteiger partial charge in [0.15, 0.2) is 4.80 Å². The second-order valence-electron chi connectivity index (χ2n) is 9.65. The van der Waals surface area contributed by atoms with Gasteiger partial charge in [-0.05, 0) is 47.7 Å². The fourth-order valence-corrected chi connectivity index (χ4v) is 6.01. The molecule has 0 amide bonds. The fourth-order valence-electron chi connectivity index (χ4n) is 4.74. The zero-order chi connectivity index (χ0) is 28.4. The number of benzene rings is 3. The van der Waals surface area contributed by atoms with E-state index in [0.29, 0.717) is 37.3 Å². The Labute approximate surface area is 241 Å². The van der Waals surface area contributed by atoms with Crippen molar-refractivity contribution in [2.75, 3.05) is 13.7 Å². The summed E-state index contributed by atoms with van der Waals surface area (Å²) in [5, 5.41) is 0.447. The number of esters is 1. The maximum Gasteiger partial charge on any atom is 0.338 e. The fraction of sp³-hybridized carbons (Fsp3) is 0.219. The van der Waals surface area contributed by atoms with Crippen molar-refractivity contribution >= 4 is 40.7 Å². The number of halogens is 1.